The van der Waals surface area contributed by atoms with Crippen molar-refractivity contribution in [1.29, 1.82) is 0 Å². The molecular weight excluding hydrogens is 258 g/mol. The highest BCUT2D eigenvalue weighted by Crippen LogP contribution is 2.18. The topological polar surface area (TPSA) is 52.7 Å². The van der Waals surface area contributed by atoms with E-state index in [2.05, 4.69) is 11.9 Å². The first-order valence-electron chi connectivity index (χ1n) is 5.43. The summed E-state index contributed by atoms with van der Waals surface area (Å²) < 4.78 is 23.0. The highest BCUT2D eigenvalue weighted by Gasteiger charge is 2.34. The van der Waals surface area contributed by atoms with Crippen LogP contribution in [0.3, 0.4) is 0 Å². The first-order valence-corrected chi connectivity index (χ1v) is 7.66. The number of sulfone groups is 1. The molecule has 1 aliphatic rings. The molecule has 98 valence electrons. The standard InChI is InChI=1S/C10H19N3O2S2/c1-4-6-11-10(16)13(12(2)3)9-5-7-17(14,15)8-9/h4,9H,1,5-8H2,2-3H3,(H,11,16)/t9-/m0/s1. The average Bonchev–Trinajstić information content (AvgIpc) is 2.55. The lowest BCUT2D eigenvalue weighted by molar-refractivity contribution is 0.0716. The van der Waals surface area contributed by atoms with Crippen LogP contribution < -0.4 is 5.32 Å². The maximum Gasteiger partial charge on any atom is 0.184 e. The molecule has 1 fully saturated rings. The van der Waals surface area contributed by atoms with Gasteiger partial charge in [-0.2, -0.15) is 0 Å². The minimum atomic E-state index is -2.90. The van der Waals surface area contributed by atoms with Gasteiger partial charge in [0.2, 0.25) is 0 Å². The lowest BCUT2D eigenvalue weighted by atomic mass is 10.2. The summed E-state index contributed by atoms with van der Waals surface area (Å²) in [5.74, 6) is 0.410. The highest BCUT2D eigenvalue weighted by molar-refractivity contribution is 7.91. The molecule has 0 saturated carbocycles. The van der Waals surface area contributed by atoms with Gasteiger partial charge in [-0.25, -0.2) is 13.4 Å². The van der Waals surface area contributed by atoms with Crippen LogP contribution in [-0.2, 0) is 9.84 Å². The van der Waals surface area contributed by atoms with Crippen LogP contribution in [0.4, 0.5) is 0 Å². The molecule has 1 atom stereocenters. The van der Waals surface area contributed by atoms with E-state index < -0.39 is 9.84 Å². The number of hydrazine groups is 1. The van der Waals surface area contributed by atoms with E-state index in [0.717, 1.165) is 0 Å². The molecular formula is C10H19N3O2S2. The Morgan fingerprint density at radius 3 is 2.65 bits per heavy atom. The Balaban J connectivity index is 2.73. The molecule has 17 heavy (non-hydrogen) atoms. The van der Waals surface area contributed by atoms with E-state index in [9.17, 15) is 8.42 Å². The molecule has 0 aromatic rings. The summed E-state index contributed by atoms with van der Waals surface area (Å²) in [6.45, 7) is 4.18. The van der Waals surface area contributed by atoms with E-state index in [1.807, 2.05) is 24.1 Å². The number of rotatable bonds is 4. The van der Waals surface area contributed by atoms with Crippen molar-refractivity contribution >= 4 is 27.2 Å². The van der Waals surface area contributed by atoms with E-state index in [4.69, 9.17) is 12.2 Å². The van der Waals surface area contributed by atoms with Crippen molar-refractivity contribution in [3.05, 3.63) is 12.7 Å². The normalized spacial score (nSPS) is 22.4. The monoisotopic (exact) mass is 277 g/mol. The molecule has 0 bridgehead atoms. The smallest absolute Gasteiger partial charge is 0.184 e. The van der Waals surface area contributed by atoms with E-state index in [1.54, 1.807) is 6.08 Å². The summed E-state index contributed by atoms with van der Waals surface area (Å²) in [7, 11) is 0.804. The summed E-state index contributed by atoms with van der Waals surface area (Å²) in [6, 6.07) is -0.0696. The number of nitrogens with zero attached hydrogens (tertiary/aromatic N) is 2. The Labute approximate surface area is 108 Å². The largest absolute Gasteiger partial charge is 0.358 e. The number of hydrogen-bond acceptors (Lipinski definition) is 4. The Kier molecular flexibility index (Phi) is 4.91. The first kappa shape index (κ1) is 14.4. The molecule has 1 heterocycles. The Morgan fingerprint density at radius 2 is 2.24 bits per heavy atom. The van der Waals surface area contributed by atoms with Crippen LogP contribution in [0.2, 0.25) is 0 Å². The number of hydrogen-bond donors (Lipinski definition) is 1. The van der Waals surface area contributed by atoms with Crippen LogP contribution in [0.5, 0.6) is 0 Å². The maximum absolute atomic E-state index is 11.5. The quantitative estimate of drug-likeness (QED) is 0.444. The summed E-state index contributed by atoms with van der Waals surface area (Å²) >= 11 is 5.26. The molecule has 0 aliphatic carbocycles. The second-order valence-corrected chi connectivity index (χ2v) is 6.84. The molecule has 7 heteroatoms. The molecule has 1 aliphatic heterocycles. The van der Waals surface area contributed by atoms with Crippen LogP contribution in [0.1, 0.15) is 6.42 Å². The molecule has 0 radical (unpaired) electrons. The molecule has 1 N–H and O–H groups in total. The Bertz CT molecular complexity index is 392. The van der Waals surface area contributed by atoms with Gasteiger partial charge in [0.15, 0.2) is 14.9 Å². The molecule has 1 rings (SSSR count). The van der Waals surface area contributed by atoms with Gasteiger partial charge in [-0.1, -0.05) is 6.08 Å². The molecule has 0 aromatic heterocycles. The minimum Gasteiger partial charge on any atom is -0.358 e. The zero-order chi connectivity index (χ0) is 13.1. The summed E-state index contributed by atoms with van der Waals surface area (Å²) in [6.07, 6.45) is 2.34. The fraction of sp³-hybridized carbons (Fsp3) is 0.700. The lowest BCUT2D eigenvalue weighted by Crippen LogP contribution is -2.53. The van der Waals surface area contributed by atoms with Crippen LogP contribution in [0.25, 0.3) is 0 Å². The van der Waals surface area contributed by atoms with E-state index in [0.29, 0.717) is 18.1 Å². The first-order chi connectivity index (χ1) is 7.87. The van der Waals surface area contributed by atoms with Crippen molar-refractivity contribution in [3.63, 3.8) is 0 Å². The predicted molar refractivity (Wildman–Crippen MR) is 73.4 cm³/mol. The third-order valence-electron chi connectivity index (χ3n) is 2.59. The number of nitrogens with one attached hydrogen (secondary N) is 1. The highest BCUT2D eigenvalue weighted by atomic mass is 32.2. The van der Waals surface area contributed by atoms with Gasteiger partial charge < -0.3 is 5.32 Å². The van der Waals surface area contributed by atoms with Crippen molar-refractivity contribution in [3.8, 4) is 0 Å². The predicted octanol–water partition coefficient (Wildman–Crippen LogP) is 0.0126. The minimum absolute atomic E-state index is 0.0696. The molecule has 1 saturated heterocycles. The second kappa shape index (κ2) is 5.79. The zero-order valence-corrected chi connectivity index (χ0v) is 11.9. The van der Waals surface area contributed by atoms with Crippen molar-refractivity contribution in [2.24, 2.45) is 0 Å². The molecule has 0 spiro atoms. The van der Waals surface area contributed by atoms with Gasteiger partial charge in [0, 0.05) is 20.6 Å². The van der Waals surface area contributed by atoms with Gasteiger partial charge in [-0.05, 0) is 18.6 Å². The Morgan fingerprint density at radius 1 is 1.59 bits per heavy atom. The third-order valence-corrected chi connectivity index (χ3v) is 4.67. The summed E-state index contributed by atoms with van der Waals surface area (Å²) in [5, 5.41) is 7.21. The van der Waals surface area contributed by atoms with Gasteiger partial charge in [0.05, 0.1) is 17.5 Å². The van der Waals surface area contributed by atoms with Gasteiger partial charge >= 0.3 is 0 Å². The molecule has 0 unspecified atom stereocenters. The van der Waals surface area contributed by atoms with E-state index in [-0.39, 0.29) is 17.5 Å². The summed E-state index contributed by atoms with van der Waals surface area (Å²) in [5.41, 5.74) is 0. The van der Waals surface area contributed by atoms with Gasteiger partial charge in [-0.15, -0.1) is 6.58 Å². The fourth-order valence-corrected chi connectivity index (χ4v) is 3.97. The van der Waals surface area contributed by atoms with Crippen molar-refractivity contribution in [2.75, 3.05) is 32.1 Å². The Hall–Kier alpha value is -0.660. The van der Waals surface area contributed by atoms with Crippen molar-refractivity contribution in [1.82, 2.24) is 15.3 Å². The van der Waals surface area contributed by atoms with Gasteiger partial charge in [0.1, 0.15) is 0 Å². The van der Waals surface area contributed by atoms with Crippen molar-refractivity contribution < 1.29 is 8.42 Å². The van der Waals surface area contributed by atoms with E-state index >= 15 is 0 Å². The van der Waals surface area contributed by atoms with E-state index in [1.165, 1.54) is 0 Å². The van der Waals surface area contributed by atoms with Crippen molar-refractivity contribution in [2.45, 2.75) is 12.5 Å². The second-order valence-electron chi connectivity index (χ2n) is 4.22. The molecule has 0 aromatic carbocycles. The van der Waals surface area contributed by atoms with Crippen LogP contribution in [-0.4, -0.2) is 61.7 Å². The lowest BCUT2D eigenvalue weighted by Gasteiger charge is -2.35. The van der Waals surface area contributed by atoms with Crippen LogP contribution >= 0.6 is 12.2 Å². The summed E-state index contributed by atoms with van der Waals surface area (Å²) in [4.78, 5) is 0. The van der Waals surface area contributed by atoms with Crippen LogP contribution in [0.15, 0.2) is 12.7 Å². The fourth-order valence-electron chi connectivity index (χ4n) is 1.88. The third kappa shape index (κ3) is 3.93. The molecule has 5 nitrogen and oxygen atoms in total. The zero-order valence-electron chi connectivity index (χ0n) is 10.2. The average molecular weight is 277 g/mol. The van der Waals surface area contributed by atoms with Gasteiger partial charge in [-0.3, -0.25) is 5.01 Å². The number of thiocarbonyl (C=S) groups is 1. The maximum atomic E-state index is 11.5. The molecule has 0 amide bonds. The van der Waals surface area contributed by atoms with Gasteiger partial charge in [0.25, 0.3) is 0 Å². The SMILES string of the molecule is C=CCNC(=S)N([C@H]1CCS(=O)(=O)C1)N(C)C. The van der Waals surface area contributed by atoms with Crippen LogP contribution in [0, 0.1) is 0 Å².